The van der Waals surface area contributed by atoms with Crippen molar-refractivity contribution in [2.75, 3.05) is 6.61 Å². The molecular weight excluding hydrogens is 217 g/mol. The van der Waals surface area contributed by atoms with Crippen LogP contribution < -0.4 is 0 Å². The van der Waals surface area contributed by atoms with Crippen LogP contribution in [0.5, 0.6) is 0 Å². The van der Waals surface area contributed by atoms with Gasteiger partial charge in [-0.25, -0.2) is 0 Å². The molecule has 0 spiro atoms. The van der Waals surface area contributed by atoms with Crippen LogP contribution in [-0.2, 0) is 4.74 Å². The molecule has 0 aliphatic rings. The minimum absolute atomic E-state index is 0. The molecule has 0 aliphatic carbocycles. The normalized spacial score (nSPS) is 12.4. The Balaban J connectivity index is 0. The molecule has 0 aliphatic heterocycles. The van der Waals surface area contributed by atoms with Crippen molar-refractivity contribution in [2.45, 2.75) is 20.1 Å². The fourth-order valence-electron chi connectivity index (χ4n) is 0.241. The Morgan fingerprint density at radius 3 is 2.14 bits per heavy atom. The first-order chi connectivity index (χ1) is 2.77. The summed E-state index contributed by atoms with van der Waals surface area (Å²) in [5, 5.41) is 8.33. The van der Waals surface area contributed by atoms with Crippen LogP contribution in [0.4, 0.5) is 0 Å². The minimum atomic E-state index is -0.602. The van der Waals surface area contributed by atoms with Crippen LogP contribution >= 0.6 is 0 Å². The van der Waals surface area contributed by atoms with Crippen molar-refractivity contribution in [3.63, 3.8) is 0 Å². The molecule has 0 aromatic heterocycles. The third-order valence-corrected chi connectivity index (χ3v) is 0.408. The zero-order valence-corrected chi connectivity index (χ0v) is 9.29. The Morgan fingerprint density at radius 2 is 2.14 bits per heavy atom. The maximum Gasteiger partial charge on any atom is 0.151 e. The topological polar surface area (TPSA) is 29.5 Å². The molecule has 0 fully saturated rings. The van der Waals surface area contributed by atoms with E-state index in [1.54, 1.807) is 6.92 Å². The zero-order chi connectivity index (χ0) is 4.99. The molecule has 2 radical (unpaired) electrons. The van der Waals surface area contributed by atoms with Crippen LogP contribution in [0.3, 0.4) is 0 Å². The van der Waals surface area contributed by atoms with Crippen molar-refractivity contribution < 1.29 is 9.84 Å². The molecular formula is C4H10BaO2. The van der Waals surface area contributed by atoms with Crippen LogP contribution in [0, 0.1) is 0 Å². The third kappa shape index (κ3) is 11.2. The van der Waals surface area contributed by atoms with E-state index in [4.69, 9.17) is 5.11 Å². The summed E-state index contributed by atoms with van der Waals surface area (Å²) >= 11 is 0. The molecule has 0 rings (SSSR count). The molecule has 1 unspecified atom stereocenters. The fourth-order valence-corrected chi connectivity index (χ4v) is 0.241. The molecule has 1 atom stereocenters. The van der Waals surface area contributed by atoms with Gasteiger partial charge in [0, 0.05) is 55.5 Å². The van der Waals surface area contributed by atoms with Crippen LogP contribution in [0.1, 0.15) is 13.8 Å². The predicted molar refractivity (Wildman–Crippen MR) is 29.1 cm³/mol. The number of rotatable bonds is 2. The number of aliphatic hydroxyl groups excluding tert-OH is 1. The van der Waals surface area contributed by atoms with Crippen molar-refractivity contribution in [1.82, 2.24) is 0 Å². The Kier molecular flexibility index (Phi) is 12.1. The SMILES string of the molecule is CCOC(C)O.[Ba]. The van der Waals surface area contributed by atoms with Gasteiger partial charge in [-0.2, -0.15) is 0 Å². The summed E-state index contributed by atoms with van der Waals surface area (Å²) in [5.41, 5.74) is 0. The molecule has 7 heavy (non-hydrogen) atoms. The van der Waals surface area contributed by atoms with Crippen molar-refractivity contribution in [2.24, 2.45) is 0 Å². The van der Waals surface area contributed by atoms with E-state index in [1.165, 1.54) is 0 Å². The van der Waals surface area contributed by atoms with Crippen LogP contribution in [-0.4, -0.2) is 66.9 Å². The Hall–Kier alpha value is 1.49. The van der Waals surface area contributed by atoms with E-state index in [0.29, 0.717) is 6.61 Å². The van der Waals surface area contributed by atoms with E-state index in [9.17, 15) is 0 Å². The largest absolute Gasteiger partial charge is 0.368 e. The molecule has 0 bridgehead atoms. The van der Waals surface area contributed by atoms with Crippen molar-refractivity contribution in [3.05, 3.63) is 0 Å². The number of hydrogen-bond donors (Lipinski definition) is 1. The van der Waals surface area contributed by atoms with Gasteiger partial charge in [0.15, 0.2) is 6.29 Å². The van der Waals surface area contributed by atoms with Gasteiger partial charge in [0.2, 0.25) is 0 Å². The zero-order valence-electron chi connectivity index (χ0n) is 4.85. The van der Waals surface area contributed by atoms with Gasteiger partial charge in [-0.3, -0.25) is 0 Å². The standard InChI is InChI=1S/C4H10O2.Ba/c1-3-6-4(2)5;/h4-5H,3H2,1-2H3;. The summed E-state index contributed by atoms with van der Waals surface area (Å²) in [7, 11) is 0. The van der Waals surface area contributed by atoms with Gasteiger partial charge in [-0.15, -0.1) is 0 Å². The summed E-state index contributed by atoms with van der Waals surface area (Å²) in [6.45, 7) is 4.01. The smallest absolute Gasteiger partial charge is 0.151 e. The second-order valence-electron chi connectivity index (χ2n) is 1.05. The van der Waals surface area contributed by atoms with Gasteiger partial charge in [-0.05, 0) is 13.8 Å². The van der Waals surface area contributed by atoms with Gasteiger partial charge in [-0.1, -0.05) is 0 Å². The summed E-state index contributed by atoms with van der Waals surface area (Å²) in [4.78, 5) is 0. The molecule has 0 amide bonds. The summed E-state index contributed by atoms with van der Waals surface area (Å²) < 4.78 is 4.60. The van der Waals surface area contributed by atoms with E-state index in [2.05, 4.69) is 4.74 Å². The van der Waals surface area contributed by atoms with Gasteiger partial charge in [0.05, 0.1) is 0 Å². The number of aliphatic hydroxyl groups is 1. The van der Waals surface area contributed by atoms with E-state index >= 15 is 0 Å². The first kappa shape index (κ1) is 11.3. The van der Waals surface area contributed by atoms with Gasteiger partial charge in [0.1, 0.15) is 0 Å². The van der Waals surface area contributed by atoms with Crippen LogP contribution in [0.15, 0.2) is 0 Å². The van der Waals surface area contributed by atoms with Crippen molar-refractivity contribution >= 4 is 48.9 Å². The minimum Gasteiger partial charge on any atom is -0.368 e. The second-order valence-corrected chi connectivity index (χ2v) is 1.05. The maximum atomic E-state index is 8.33. The van der Waals surface area contributed by atoms with E-state index in [-0.39, 0.29) is 48.9 Å². The maximum absolute atomic E-state index is 8.33. The van der Waals surface area contributed by atoms with E-state index in [0.717, 1.165) is 0 Å². The molecule has 2 nitrogen and oxygen atoms in total. The molecule has 0 saturated heterocycles. The van der Waals surface area contributed by atoms with Gasteiger partial charge >= 0.3 is 0 Å². The average molecular weight is 227 g/mol. The van der Waals surface area contributed by atoms with Crippen LogP contribution in [0.2, 0.25) is 0 Å². The Bertz CT molecular complexity index is 30.9. The van der Waals surface area contributed by atoms with Crippen LogP contribution in [0.25, 0.3) is 0 Å². The Labute approximate surface area is 84.3 Å². The van der Waals surface area contributed by atoms with Crippen molar-refractivity contribution in [3.8, 4) is 0 Å². The molecule has 40 valence electrons. The first-order valence-electron chi connectivity index (χ1n) is 2.07. The second kappa shape index (κ2) is 7.49. The molecule has 0 aromatic rings. The monoisotopic (exact) mass is 228 g/mol. The summed E-state index contributed by atoms with van der Waals surface area (Å²) in [6, 6.07) is 0. The molecule has 3 heteroatoms. The number of ether oxygens (including phenoxy) is 1. The van der Waals surface area contributed by atoms with Gasteiger partial charge < -0.3 is 9.84 Å². The molecule has 1 N–H and O–H groups in total. The molecule has 0 saturated carbocycles. The Morgan fingerprint density at radius 1 is 1.71 bits per heavy atom. The summed E-state index contributed by atoms with van der Waals surface area (Å²) in [6.07, 6.45) is -0.602. The molecule has 0 heterocycles. The van der Waals surface area contributed by atoms with Crippen molar-refractivity contribution in [1.29, 1.82) is 0 Å². The fraction of sp³-hybridized carbons (Fsp3) is 1.00. The predicted octanol–water partition coefficient (Wildman–Crippen LogP) is -0.0196. The van der Waals surface area contributed by atoms with Gasteiger partial charge in [0.25, 0.3) is 0 Å². The average Bonchev–Trinajstić information content (AvgIpc) is 1.35. The first-order valence-corrected chi connectivity index (χ1v) is 2.07. The quantitative estimate of drug-likeness (QED) is 0.531. The van der Waals surface area contributed by atoms with E-state index in [1.807, 2.05) is 6.92 Å². The number of hydrogen-bond acceptors (Lipinski definition) is 2. The van der Waals surface area contributed by atoms with E-state index < -0.39 is 6.29 Å². The third-order valence-electron chi connectivity index (χ3n) is 0.408. The molecule has 0 aromatic carbocycles. The summed E-state index contributed by atoms with van der Waals surface area (Å²) in [5.74, 6) is 0.